The molecule has 184 valence electrons. The predicted octanol–water partition coefficient (Wildman–Crippen LogP) is 3.15. The van der Waals surface area contributed by atoms with Gasteiger partial charge in [-0.1, -0.05) is 35.0 Å². The molecule has 1 aromatic heterocycles. The molecule has 5 rings (SSSR count). The van der Waals surface area contributed by atoms with Crippen LogP contribution < -0.4 is 15.5 Å². The van der Waals surface area contributed by atoms with Gasteiger partial charge in [-0.3, -0.25) is 19.3 Å². The highest BCUT2D eigenvalue weighted by Gasteiger charge is 2.73. The fraction of sp³-hybridized carbons (Fsp3) is 0.440. The molecule has 9 nitrogen and oxygen atoms in total. The lowest BCUT2D eigenvalue weighted by atomic mass is 9.74. The van der Waals surface area contributed by atoms with Gasteiger partial charge in [0.15, 0.2) is 5.82 Å². The summed E-state index contributed by atoms with van der Waals surface area (Å²) < 4.78 is 11.4. The fourth-order valence-electron chi connectivity index (χ4n) is 5.36. The molecule has 5 unspecified atom stereocenters. The summed E-state index contributed by atoms with van der Waals surface area (Å²) in [5.41, 5.74) is -0.684. The molecule has 3 amide bonds. The first kappa shape index (κ1) is 23.6. The van der Waals surface area contributed by atoms with Crippen LogP contribution in [-0.4, -0.2) is 46.2 Å². The van der Waals surface area contributed by atoms with Crippen molar-refractivity contribution in [3.8, 4) is 0 Å². The number of fused-ring (bicyclic) bond motifs is 1. The molecule has 0 saturated carbocycles. The highest BCUT2D eigenvalue weighted by Crippen LogP contribution is 2.56. The van der Waals surface area contributed by atoms with Gasteiger partial charge in [-0.05, 0) is 52.3 Å². The molecule has 1 aromatic carbocycles. The van der Waals surface area contributed by atoms with Crippen LogP contribution in [0.1, 0.15) is 32.1 Å². The van der Waals surface area contributed by atoms with Crippen molar-refractivity contribution in [3.05, 3.63) is 52.8 Å². The van der Waals surface area contributed by atoms with Gasteiger partial charge < -0.3 is 19.9 Å². The van der Waals surface area contributed by atoms with E-state index in [0.717, 1.165) is 0 Å². The van der Waals surface area contributed by atoms with Gasteiger partial charge in [0.2, 0.25) is 17.7 Å². The van der Waals surface area contributed by atoms with Crippen LogP contribution in [0.3, 0.4) is 0 Å². The normalized spacial score (nSPS) is 29.0. The van der Waals surface area contributed by atoms with Crippen molar-refractivity contribution in [1.82, 2.24) is 10.5 Å². The zero-order chi connectivity index (χ0) is 25.3. The number of carbonyl (C=O) groups is 3. The maximum Gasteiger partial charge on any atom is 0.246 e. The lowest BCUT2D eigenvalue weighted by Crippen LogP contribution is -2.58. The molecule has 3 aliphatic rings. The van der Waals surface area contributed by atoms with E-state index in [1.807, 2.05) is 20.8 Å². The number of nitrogens with one attached hydrogen (secondary N) is 2. The SMILES string of the molecule is Cc1cc(NC(=O)C2C3C=CC4(O3)C2C(=O)N(c2cccc(Cl)c2C)C4C(=O)NC(C)(C)C)no1. The van der Waals surface area contributed by atoms with E-state index in [-0.39, 0.29) is 17.6 Å². The number of halogens is 1. The largest absolute Gasteiger partial charge is 0.360 e. The monoisotopic (exact) mass is 498 g/mol. The number of carbonyl (C=O) groups excluding carboxylic acids is 3. The molecule has 5 atom stereocenters. The van der Waals surface area contributed by atoms with Gasteiger partial charge >= 0.3 is 0 Å². The summed E-state index contributed by atoms with van der Waals surface area (Å²) in [4.78, 5) is 42.6. The summed E-state index contributed by atoms with van der Waals surface area (Å²) in [6, 6.07) is 5.77. The Balaban J connectivity index is 1.59. The molecule has 0 aliphatic carbocycles. The van der Waals surface area contributed by atoms with Gasteiger partial charge in [-0.15, -0.1) is 0 Å². The maximum absolute atomic E-state index is 14.1. The van der Waals surface area contributed by atoms with Crippen molar-refractivity contribution in [2.24, 2.45) is 11.8 Å². The van der Waals surface area contributed by atoms with Crippen LogP contribution in [0.25, 0.3) is 0 Å². The first-order valence-electron chi connectivity index (χ1n) is 11.4. The number of aromatic nitrogens is 1. The molecule has 2 aromatic rings. The Bertz CT molecular complexity index is 1260. The van der Waals surface area contributed by atoms with E-state index in [0.29, 0.717) is 22.0 Å². The Kier molecular flexibility index (Phi) is 5.34. The van der Waals surface area contributed by atoms with Crippen LogP contribution in [0.15, 0.2) is 40.9 Å². The number of benzene rings is 1. The van der Waals surface area contributed by atoms with Crippen LogP contribution in [0.4, 0.5) is 11.5 Å². The van der Waals surface area contributed by atoms with Crippen molar-refractivity contribution in [3.63, 3.8) is 0 Å². The quantitative estimate of drug-likeness (QED) is 0.626. The average Bonchev–Trinajstić information content (AvgIpc) is 3.49. The number of anilines is 2. The molecule has 4 heterocycles. The van der Waals surface area contributed by atoms with E-state index < -0.39 is 41.0 Å². The van der Waals surface area contributed by atoms with Crippen LogP contribution in [0.5, 0.6) is 0 Å². The van der Waals surface area contributed by atoms with E-state index in [1.165, 1.54) is 4.90 Å². The number of aryl methyl sites for hydroxylation is 1. The second-order valence-corrected chi connectivity index (χ2v) is 10.8. The molecule has 2 saturated heterocycles. The van der Waals surface area contributed by atoms with Gasteiger partial charge in [0, 0.05) is 22.3 Å². The highest BCUT2D eigenvalue weighted by atomic mass is 35.5. The molecule has 2 N–H and O–H groups in total. The van der Waals surface area contributed by atoms with Crippen LogP contribution in [0.2, 0.25) is 5.02 Å². The summed E-state index contributed by atoms with van der Waals surface area (Å²) >= 11 is 6.38. The topological polar surface area (TPSA) is 114 Å². The van der Waals surface area contributed by atoms with E-state index in [4.69, 9.17) is 20.9 Å². The van der Waals surface area contributed by atoms with Crippen LogP contribution >= 0.6 is 11.6 Å². The Hall–Kier alpha value is -3.17. The molecule has 3 aliphatic heterocycles. The van der Waals surface area contributed by atoms with Crippen molar-refractivity contribution in [2.45, 2.75) is 57.9 Å². The third-order valence-electron chi connectivity index (χ3n) is 6.70. The van der Waals surface area contributed by atoms with Crippen molar-refractivity contribution in [2.75, 3.05) is 10.2 Å². The third-order valence-corrected chi connectivity index (χ3v) is 7.11. The molecule has 10 heteroatoms. The zero-order valence-corrected chi connectivity index (χ0v) is 20.8. The molecule has 1 spiro atoms. The summed E-state index contributed by atoms with van der Waals surface area (Å²) in [5.74, 6) is -2.12. The van der Waals surface area contributed by atoms with E-state index >= 15 is 0 Å². The molecule has 2 fully saturated rings. The summed E-state index contributed by atoms with van der Waals surface area (Å²) in [5, 5.41) is 10.0. The minimum absolute atomic E-state index is 0.253. The molecule has 2 bridgehead atoms. The Morgan fingerprint density at radius 3 is 2.60 bits per heavy atom. The van der Waals surface area contributed by atoms with Gasteiger partial charge in [0.25, 0.3) is 0 Å². The average molecular weight is 499 g/mol. The molecule has 35 heavy (non-hydrogen) atoms. The number of ether oxygens (including phenoxy) is 1. The highest BCUT2D eigenvalue weighted by molar-refractivity contribution is 6.32. The summed E-state index contributed by atoms with van der Waals surface area (Å²) in [6.45, 7) is 9.10. The minimum Gasteiger partial charge on any atom is -0.360 e. The molecular weight excluding hydrogens is 472 g/mol. The van der Waals surface area contributed by atoms with E-state index in [2.05, 4.69) is 15.8 Å². The van der Waals surface area contributed by atoms with Crippen molar-refractivity contribution in [1.29, 1.82) is 0 Å². The number of hydrogen-bond acceptors (Lipinski definition) is 6. The second-order valence-electron chi connectivity index (χ2n) is 10.3. The Labute approximate surface area is 207 Å². The lowest BCUT2D eigenvalue weighted by Gasteiger charge is -2.35. The summed E-state index contributed by atoms with van der Waals surface area (Å²) in [7, 11) is 0. The first-order chi connectivity index (χ1) is 16.4. The zero-order valence-electron chi connectivity index (χ0n) is 20.1. The van der Waals surface area contributed by atoms with Gasteiger partial charge in [0.1, 0.15) is 17.4 Å². The standard InChI is InChI=1S/C25H27ClN4O5/c1-12-11-17(29-35-12)27-21(31)18-16-9-10-25(34-16)19(18)23(33)30(15-8-6-7-14(26)13(15)2)20(25)22(32)28-24(3,4)5/h6-11,16,18-20H,1-5H3,(H,28,32)(H,27,29,31). The van der Waals surface area contributed by atoms with Crippen LogP contribution in [0, 0.1) is 25.7 Å². The Morgan fingerprint density at radius 1 is 1.20 bits per heavy atom. The third kappa shape index (κ3) is 3.65. The molecular formula is C25H27ClN4O5. The second kappa shape index (κ2) is 7.93. The van der Waals surface area contributed by atoms with Crippen molar-refractivity contribution < 1.29 is 23.6 Å². The fourth-order valence-corrected chi connectivity index (χ4v) is 5.53. The smallest absolute Gasteiger partial charge is 0.246 e. The number of amides is 3. The van der Waals surface area contributed by atoms with E-state index in [9.17, 15) is 14.4 Å². The number of hydrogen-bond donors (Lipinski definition) is 2. The first-order valence-corrected chi connectivity index (χ1v) is 11.8. The van der Waals surface area contributed by atoms with E-state index in [1.54, 1.807) is 50.3 Å². The maximum atomic E-state index is 14.1. The van der Waals surface area contributed by atoms with Crippen LogP contribution in [-0.2, 0) is 19.1 Å². The Morgan fingerprint density at radius 2 is 1.94 bits per heavy atom. The van der Waals surface area contributed by atoms with Crippen molar-refractivity contribution >= 4 is 40.8 Å². The lowest BCUT2D eigenvalue weighted by molar-refractivity contribution is -0.129. The predicted molar refractivity (Wildman–Crippen MR) is 129 cm³/mol. The minimum atomic E-state index is -1.30. The number of rotatable bonds is 4. The van der Waals surface area contributed by atoms with Gasteiger partial charge in [0.05, 0.1) is 17.9 Å². The summed E-state index contributed by atoms with van der Waals surface area (Å²) in [6.07, 6.45) is 2.87. The number of nitrogens with zero attached hydrogens (tertiary/aromatic N) is 2. The molecule has 0 radical (unpaired) electrons. The van der Waals surface area contributed by atoms with Gasteiger partial charge in [-0.2, -0.15) is 0 Å². The van der Waals surface area contributed by atoms with Gasteiger partial charge in [-0.25, -0.2) is 0 Å².